The largest absolute Gasteiger partial charge is 0.455 e. The van der Waals surface area contributed by atoms with Crippen molar-refractivity contribution in [1.29, 1.82) is 0 Å². The maximum atomic E-state index is 13.1. The molecule has 1 N–H and O–H groups in total. The van der Waals surface area contributed by atoms with Crippen LogP contribution >= 0.6 is 0 Å². The van der Waals surface area contributed by atoms with Gasteiger partial charge in [-0.2, -0.15) is 4.31 Å². The smallest absolute Gasteiger partial charge is 0.274 e. The Balaban J connectivity index is 1.72. The molecule has 0 bridgehead atoms. The number of anilines is 1. The van der Waals surface area contributed by atoms with Crippen LogP contribution in [0.1, 0.15) is 29.9 Å². The molecule has 0 radical (unpaired) electrons. The van der Waals surface area contributed by atoms with Crippen LogP contribution in [0.4, 0.5) is 5.69 Å². The zero-order valence-electron chi connectivity index (χ0n) is 19.9. The van der Waals surface area contributed by atoms with Gasteiger partial charge in [-0.05, 0) is 49.4 Å². The third-order valence-corrected chi connectivity index (χ3v) is 7.67. The molecule has 0 atom stereocenters. The third-order valence-electron chi connectivity index (χ3n) is 5.62. The quantitative estimate of drug-likeness (QED) is 0.347. The van der Waals surface area contributed by atoms with E-state index in [-0.39, 0.29) is 16.3 Å². The molecule has 1 heterocycles. The molecule has 4 aromatic rings. The second-order valence-electron chi connectivity index (χ2n) is 8.01. The minimum Gasteiger partial charge on any atom is -0.455 e. The van der Waals surface area contributed by atoms with E-state index in [1.807, 2.05) is 61.5 Å². The highest BCUT2D eigenvalue weighted by Crippen LogP contribution is 2.33. The number of para-hydroxylation sites is 1. The number of carbonyl (C=O) groups is 1. The molecule has 1 aromatic heterocycles. The van der Waals surface area contributed by atoms with Crippen LogP contribution in [0.5, 0.6) is 11.5 Å². The summed E-state index contributed by atoms with van der Waals surface area (Å²) in [4.78, 5) is 17.6. The first-order valence-corrected chi connectivity index (χ1v) is 12.8. The van der Waals surface area contributed by atoms with Crippen molar-refractivity contribution in [2.75, 3.05) is 18.4 Å². The minimum atomic E-state index is -3.74. The summed E-state index contributed by atoms with van der Waals surface area (Å²) >= 11 is 0. The van der Waals surface area contributed by atoms with Gasteiger partial charge in [0.2, 0.25) is 10.0 Å². The van der Waals surface area contributed by atoms with E-state index in [1.165, 1.54) is 16.4 Å². The van der Waals surface area contributed by atoms with E-state index in [1.54, 1.807) is 26.0 Å². The number of amides is 1. The Bertz CT molecular complexity index is 1460. The average molecular weight is 490 g/mol. The number of hydrogen-bond donors (Lipinski definition) is 1. The molecule has 1 amide bonds. The van der Waals surface area contributed by atoms with Gasteiger partial charge in [0.15, 0.2) is 5.75 Å². The number of aryl methyl sites for hydroxylation is 1. The van der Waals surface area contributed by atoms with Gasteiger partial charge < -0.3 is 10.1 Å². The second kappa shape index (κ2) is 10.2. The molecule has 8 heteroatoms. The SMILES string of the molecule is CCN(CC)S(=O)(=O)c1ccc(Oc2ccc(C)cc2)c(NC(=O)c2ccc3ccccc3n2)c1. The van der Waals surface area contributed by atoms with E-state index in [0.717, 1.165) is 10.9 Å². The van der Waals surface area contributed by atoms with Gasteiger partial charge in [0.1, 0.15) is 11.4 Å². The monoisotopic (exact) mass is 489 g/mol. The van der Waals surface area contributed by atoms with Crippen molar-refractivity contribution in [1.82, 2.24) is 9.29 Å². The summed E-state index contributed by atoms with van der Waals surface area (Å²) in [5.74, 6) is 0.415. The fourth-order valence-corrected chi connectivity index (χ4v) is 5.17. The summed E-state index contributed by atoms with van der Waals surface area (Å²) in [5, 5.41) is 3.72. The number of ether oxygens (including phenoxy) is 1. The Kier molecular flexibility index (Phi) is 7.14. The summed E-state index contributed by atoms with van der Waals surface area (Å²) < 4.78 is 33.6. The van der Waals surface area contributed by atoms with Crippen LogP contribution in [0, 0.1) is 6.92 Å². The molecule has 4 rings (SSSR count). The highest BCUT2D eigenvalue weighted by molar-refractivity contribution is 7.89. The molecule has 0 fully saturated rings. The first-order valence-electron chi connectivity index (χ1n) is 11.4. The van der Waals surface area contributed by atoms with E-state index in [0.29, 0.717) is 30.1 Å². The van der Waals surface area contributed by atoms with Gasteiger partial charge in [-0.25, -0.2) is 13.4 Å². The summed E-state index contributed by atoms with van der Waals surface area (Å²) in [6.07, 6.45) is 0. The van der Waals surface area contributed by atoms with E-state index in [9.17, 15) is 13.2 Å². The number of pyridine rings is 1. The van der Waals surface area contributed by atoms with Gasteiger partial charge in [-0.3, -0.25) is 4.79 Å². The topological polar surface area (TPSA) is 88.6 Å². The van der Waals surface area contributed by atoms with Crippen LogP contribution in [-0.2, 0) is 10.0 Å². The van der Waals surface area contributed by atoms with Crippen LogP contribution in [-0.4, -0.2) is 36.7 Å². The third kappa shape index (κ3) is 5.34. The van der Waals surface area contributed by atoms with Crippen molar-refractivity contribution < 1.29 is 17.9 Å². The Morgan fingerprint density at radius 1 is 0.943 bits per heavy atom. The maximum absolute atomic E-state index is 13.1. The average Bonchev–Trinajstić information content (AvgIpc) is 2.86. The lowest BCUT2D eigenvalue weighted by atomic mass is 10.2. The predicted octanol–water partition coefficient (Wildman–Crippen LogP) is 5.62. The van der Waals surface area contributed by atoms with Crippen molar-refractivity contribution in [3.05, 3.63) is 90.1 Å². The first-order chi connectivity index (χ1) is 16.8. The van der Waals surface area contributed by atoms with Crippen LogP contribution < -0.4 is 10.1 Å². The number of hydrogen-bond acceptors (Lipinski definition) is 5. The van der Waals surface area contributed by atoms with Gasteiger partial charge >= 0.3 is 0 Å². The molecule has 0 aliphatic heterocycles. The normalized spacial score (nSPS) is 11.5. The van der Waals surface area contributed by atoms with Crippen LogP contribution in [0.2, 0.25) is 0 Å². The zero-order valence-corrected chi connectivity index (χ0v) is 20.7. The number of carbonyl (C=O) groups excluding carboxylic acids is 1. The molecule has 0 spiro atoms. The van der Waals surface area contributed by atoms with E-state index in [4.69, 9.17) is 4.74 Å². The Labute approximate surface area is 205 Å². The molecule has 0 saturated carbocycles. The summed E-state index contributed by atoms with van der Waals surface area (Å²) in [6.45, 7) is 6.21. The maximum Gasteiger partial charge on any atom is 0.274 e. The molecule has 0 unspecified atom stereocenters. The van der Waals surface area contributed by atoms with Gasteiger partial charge in [-0.15, -0.1) is 0 Å². The van der Waals surface area contributed by atoms with Crippen molar-refractivity contribution in [3.8, 4) is 11.5 Å². The Hall–Kier alpha value is -3.75. The molecule has 3 aromatic carbocycles. The molecular weight excluding hydrogens is 462 g/mol. The zero-order chi connectivity index (χ0) is 25.0. The van der Waals surface area contributed by atoms with Crippen LogP contribution in [0.25, 0.3) is 10.9 Å². The molecule has 0 aliphatic carbocycles. The predicted molar refractivity (Wildman–Crippen MR) is 137 cm³/mol. The van der Waals surface area contributed by atoms with Gasteiger partial charge in [0, 0.05) is 18.5 Å². The molecular formula is C27H27N3O4S. The lowest BCUT2D eigenvalue weighted by molar-refractivity contribution is 0.102. The lowest BCUT2D eigenvalue weighted by Gasteiger charge is -2.20. The molecule has 180 valence electrons. The summed E-state index contributed by atoms with van der Waals surface area (Å²) in [5.41, 5.74) is 2.21. The van der Waals surface area contributed by atoms with E-state index in [2.05, 4.69) is 10.3 Å². The molecule has 0 aliphatic rings. The second-order valence-corrected chi connectivity index (χ2v) is 9.94. The number of sulfonamides is 1. The van der Waals surface area contributed by atoms with Gasteiger partial charge in [0.25, 0.3) is 5.91 Å². The van der Waals surface area contributed by atoms with Crippen LogP contribution in [0.3, 0.4) is 0 Å². The Morgan fingerprint density at radius 3 is 2.37 bits per heavy atom. The number of benzene rings is 3. The number of nitrogens with one attached hydrogen (secondary N) is 1. The Morgan fingerprint density at radius 2 is 1.66 bits per heavy atom. The number of fused-ring (bicyclic) bond motifs is 1. The molecule has 35 heavy (non-hydrogen) atoms. The van der Waals surface area contributed by atoms with Crippen molar-refractivity contribution in [2.24, 2.45) is 0 Å². The number of rotatable bonds is 8. The first kappa shape index (κ1) is 24.4. The fraction of sp³-hybridized carbons (Fsp3) is 0.185. The highest BCUT2D eigenvalue weighted by Gasteiger charge is 2.24. The van der Waals surface area contributed by atoms with Gasteiger partial charge in [-0.1, -0.05) is 55.8 Å². The van der Waals surface area contributed by atoms with E-state index < -0.39 is 15.9 Å². The van der Waals surface area contributed by atoms with Crippen molar-refractivity contribution in [2.45, 2.75) is 25.7 Å². The summed E-state index contributed by atoms with van der Waals surface area (Å²) in [7, 11) is -3.74. The van der Waals surface area contributed by atoms with Crippen molar-refractivity contribution in [3.63, 3.8) is 0 Å². The number of nitrogens with zero attached hydrogens (tertiary/aromatic N) is 2. The van der Waals surface area contributed by atoms with Crippen LogP contribution in [0.15, 0.2) is 83.8 Å². The molecule has 7 nitrogen and oxygen atoms in total. The summed E-state index contributed by atoms with van der Waals surface area (Å²) in [6, 6.07) is 22.9. The van der Waals surface area contributed by atoms with Gasteiger partial charge in [0.05, 0.1) is 16.1 Å². The standard InChI is InChI=1S/C27H27N3O4S/c1-4-30(5-2)35(32,33)22-15-17-26(34-21-13-10-19(3)11-14-21)25(18-22)29-27(31)24-16-12-20-8-6-7-9-23(20)28-24/h6-18H,4-5H2,1-3H3,(H,29,31). The lowest BCUT2D eigenvalue weighted by Crippen LogP contribution is -2.30. The highest BCUT2D eigenvalue weighted by atomic mass is 32.2. The minimum absolute atomic E-state index is 0.0687. The number of aromatic nitrogens is 1. The molecule has 0 saturated heterocycles. The fourth-order valence-electron chi connectivity index (χ4n) is 3.68. The van der Waals surface area contributed by atoms with E-state index >= 15 is 0 Å². The van der Waals surface area contributed by atoms with Crippen molar-refractivity contribution >= 4 is 32.5 Å².